The number of hydrogen-bond acceptors (Lipinski definition) is 3. The molecule has 3 nitrogen and oxygen atoms in total. The van der Waals surface area contributed by atoms with Crippen LogP contribution in [0.15, 0.2) is 12.3 Å². The van der Waals surface area contributed by atoms with Gasteiger partial charge in [-0.25, -0.2) is 0 Å². The quantitative estimate of drug-likeness (QED) is 0.774. The van der Waals surface area contributed by atoms with Gasteiger partial charge in [-0.2, -0.15) is 5.10 Å². The van der Waals surface area contributed by atoms with E-state index in [2.05, 4.69) is 43.2 Å². The van der Waals surface area contributed by atoms with Gasteiger partial charge in [-0.15, -0.1) is 5.10 Å². The molecule has 0 spiro atoms. The molecular formula is C10H17N3. The van der Waals surface area contributed by atoms with E-state index in [0.717, 1.165) is 5.82 Å². The molecule has 1 N–H and O–H groups in total. The number of nitrogens with zero attached hydrogens (tertiary/aromatic N) is 2. The molecule has 0 atom stereocenters. The zero-order chi connectivity index (χ0) is 9.84. The van der Waals surface area contributed by atoms with Gasteiger partial charge in [0.2, 0.25) is 0 Å². The molecule has 13 heavy (non-hydrogen) atoms. The summed E-state index contributed by atoms with van der Waals surface area (Å²) in [7, 11) is 0. The Kier molecular flexibility index (Phi) is 3.23. The van der Waals surface area contributed by atoms with Gasteiger partial charge in [0.05, 0.1) is 6.20 Å². The highest BCUT2D eigenvalue weighted by Gasteiger charge is 2.07. The monoisotopic (exact) mass is 179 g/mol. The van der Waals surface area contributed by atoms with Crippen LogP contribution in [0, 0.1) is 0 Å². The Morgan fingerprint density at radius 1 is 1.23 bits per heavy atom. The van der Waals surface area contributed by atoms with Crippen LogP contribution in [-0.2, 0) is 0 Å². The SMILES string of the molecule is CC(C)Nc1nnccc1C(C)C. The number of aromatic nitrogens is 2. The summed E-state index contributed by atoms with van der Waals surface area (Å²) in [5, 5.41) is 11.2. The van der Waals surface area contributed by atoms with Crippen LogP contribution in [-0.4, -0.2) is 16.2 Å². The number of hydrogen-bond donors (Lipinski definition) is 1. The highest BCUT2D eigenvalue weighted by Crippen LogP contribution is 2.20. The van der Waals surface area contributed by atoms with Gasteiger partial charge in [0.25, 0.3) is 0 Å². The van der Waals surface area contributed by atoms with Crippen LogP contribution in [0.2, 0.25) is 0 Å². The van der Waals surface area contributed by atoms with Crippen molar-refractivity contribution in [3.8, 4) is 0 Å². The maximum atomic E-state index is 4.08. The van der Waals surface area contributed by atoms with Gasteiger partial charge in [-0.05, 0) is 25.8 Å². The van der Waals surface area contributed by atoms with Crippen LogP contribution in [0.3, 0.4) is 0 Å². The topological polar surface area (TPSA) is 37.8 Å². The average molecular weight is 179 g/mol. The first-order valence-electron chi connectivity index (χ1n) is 4.69. The van der Waals surface area contributed by atoms with Crippen molar-refractivity contribution in [3.05, 3.63) is 17.8 Å². The molecule has 1 aromatic heterocycles. The summed E-state index contributed by atoms with van der Waals surface area (Å²) in [6, 6.07) is 2.41. The lowest BCUT2D eigenvalue weighted by molar-refractivity contribution is 0.816. The van der Waals surface area contributed by atoms with Crippen molar-refractivity contribution in [2.45, 2.75) is 39.7 Å². The predicted octanol–water partition coefficient (Wildman–Crippen LogP) is 2.42. The van der Waals surface area contributed by atoms with Gasteiger partial charge in [0.1, 0.15) is 0 Å². The van der Waals surface area contributed by atoms with E-state index < -0.39 is 0 Å². The summed E-state index contributed by atoms with van der Waals surface area (Å²) >= 11 is 0. The lowest BCUT2D eigenvalue weighted by Gasteiger charge is -2.14. The van der Waals surface area contributed by atoms with E-state index >= 15 is 0 Å². The highest BCUT2D eigenvalue weighted by atomic mass is 15.2. The fraction of sp³-hybridized carbons (Fsp3) is 0.600. The van der Waals surface area contributed by atoms with E-state index in [1.807, 2.05) is 6.07 Å². The molecule has 1 aromatic rings. The molecule has 0 saturated carbocycles. The molecule has 0 radical (unpaired) electrons. The van der Waals surface area contributed by atoms with E-state index in [1.165, 1.54) is 5.56 Å². The van der Waals surface area contributed by atoms with E-state index in [1.54, 1.807) is 6.20 Å². The molecular weight excluding hydrogens is 162 g/mol. The average Bonchev–Trinajstić information content (AvgIpc) is 2.03. The van der Waals surface area contributed by atoms with Gasteiger partial charge >= 0.3 is 0 Å². The van der Waals surface area contributed by atoms with Gasteiger partial charge in [0, 0.05) is 11.6 Å². The zero-order valence-electron chi connectivity index (χ0n) is 8.70. The van der Waals surface area contributed by atoms with E-state index in [0.29, 0.717) is 12.0 Å². The van der Waals surface area contributed by atoms with Crippen LogP contribution < -0.4 is 5.32 Å². The molecule has 72 valence electrons. The molecule has 1 heterocycles. The van der Waals surface area contributed by atoms with Crippen LogP contribution >= 0.6 is 0 Å². The minimum absolute atomic E-state index is 0.397. The summed E-state index contributed by atoms with van der Waals surface area (Å²) in [4.78, 5) is 0. The van der Waals surface area contributed by atoms with E-state index in [4.69, 9.17) is 0 Å². The molecule has 0 unspecified atom stereocenters. The van der Waals surface area contributed by atoms with Crippen molar-refractivity contribution < 1.29 is 0 Å². The molecule has 3 heteroatoms. The van der Waals surface area contributed by atoms with Crippen molar-refractivity contribution in [2.24, 2.45) is 0 Å². The summed E-state index contributed by atoms with van der Waals surface area (Å²) in [6.07, 6.45) is 1.74. The van der Waals surface area contributed by atoms with Gasteiger partial charge in [-0.1, -0.05) is 13.8 Å². The lowest BCUT2D eigenvalue weighted by atomic mass is 10.1. The first-order chi connectivity index (χ1) is 6.11. The third-order valence-corrected chi connectivity index (χ3v) is 1.80. The minimum atomic E-state index is 0.397. The molecule has 0 aliphatic carbocycles. The highest BCUT2D eigenvalue weighted by molar-refractivity contribution is 5.44. The van der Waals surface area contributed by atoms with Crippen molar-refractivity contribution >= 4 is 5.82 Å². The molecule has 0 aromatic carbocycles. The Balaban J connectivity index is 2.91. The minimum Gasteiger partial charge on any atom is -0.366 e. The number of rotatable bonds is 3. The summed E-state index contributed by atoms with van der Waals surface area (Å²) in [5.41, 5.74) is 1.23. The summed E-state index contributed by atoms with van der Waals surface area (Å²) in [6.45, 7) is 8.50. The second-order valence-electron chi connectivity index (χ2n) is 3.79. The standard InChI is InChI=1S/C10H17N3/c1-7(2)9-5-6-11-13-10(9)12-8(3)4/h5-8H,1-4H3,(H,12,13). The fourth-order valence-corrected chi connectivity index (χ4v) is 1.19. The second-order valence-corrected chi connectivity index (χ2v) is 3.79. The normalized spacial score (nSPS) is 10.9. The van der Waals surface area contributed by atoms with Gasteiger partial charge in [0.15, 0.2) is 5.82 Å². The second kappa shape index (κ2) is 4.21. The molecule has 0 bridgehead atoms. The van der Waals surface area contributed by atoms with Crippen molar-refractivity contribution in [2.75, 3.05) is 5.32 Å². The predicted molar refractivity (Wildman–Crippen MR) is 54.9 cm³/mol. The van der Waals surface area contributed by atoms with E-state index in [-0.39, 0.29) is 0 Å². The third-order valence-electron chi connectivity index (χ3n) is 1.80. The number of anilines is 1. The van der Waals surface area contributed by atoms with Crippen LogP contribution in [0.5, 0.6) is 0 Å². The number of nitrogens with one attached hydrogen (secondary N) is 1. The summed E-state index contributed by atoms with van der Waals surface area (Å²) < 4.78 is 0. The Hall–Kier alpha value is -1.12. The van der Waals surface area contributed by atoms with Crippen LogP contribution in [0.25, 0.3) is 0 Å². The molecule has 0 aliphatic heterocycles. The molecule has 0 fully saturated rings. The largest absolute Gasteiger partial charge is 0.366 e. The Labute approximate surface area is 79.6 Å². The molecule has 0 amide bonds. The van der Waals surface area contributed by atoms with Gasteiger partial charge < -0.3 is 5.32 Å². The first-order valence-corrected chi connectivity index (χ1v) is 4.69. The van der Waals surface area contributed by atoms with Crippen molar-refractivity contribution in [1.29, 1.82) is 0 Å². The molecule has 0 saturated heterocycles. The third kappa shape index (κ3) is 2.68. The van der Waals surface area contributed by atoms with Gasteiger partial charge in [-0.3, -0.25) is 0 Å². The summed E-state index contributed by atoms with van der Waals surface area (Å²) in [5.74, 6) is 1.39. The molecule has 0 aliphatic rings. The Morgan fingerprint density at radius 3 is 2.46 bits per heavy atom. The van der Waals surface area contributed by atoms with Crippen LogP contribution in [0.1, 0.15) is 39.2 Å². The van der Waals surface area contributed by atoms with Crippen molar-refractivity contribution in [1.82, 2.24) is 10.2 Å². The Bertz CT molecular complexity index is 269. The zero-order valence-corrected chi connectivity index (χ0v) is 8.70. The maximum Gasteiger partial charge on any atom is 0.152 e. The fourth-order valence-electron chi connectivity index (χ4n) is 1.19. The van der Waals surface area contributed by atoms with Crippen molar-refractivity contribution in [3.63, 3.8) is 0 Å². The van der Waals surface area contributed by atoms with E-state index in [9.17, 15) is 0 Å². The lowest BCUT2D eigenvalue weighted by Crippen LogP contribution is -2.13. The van der Waals surface area contributed by atoms with Crippen LogP contribution in [0.4, 0.5) is 5.82 Å². The Morgan fingerprint density at radius 2 is 1.92 bits per heavy atom. The smallest absolute Gasteiger partial charge is 0.152 e. The first kappa shape index (κ1) is 9.96. The maximum absolute atomic E-state index is 4.08. The molecule has 1 rings (SSSR count).